The van der Waals surface area contributed by atoms with E-state index >= 15 is 0 Å². The Morgan fingerprint density at radius 2 is 2.19 bits per heavy atom. The van der Waals surface area contributed by atoms with Crippen molar-refractivity contribution in [3.63, 3.8) is 0 Å². The SMILES string of the molecule is CC(C)CCNC(=O)COC(=O)c1cn2ccccc2n1. The maximum Gasteiger partial charge on any atom is 0.359 e. The van der Waals surface area contributed by atoms with E-state index in [0.717, 1.165) is 6.42 Å². The fourth-order valence-electron chi connectivity index (χ4n) is 1.79. The van der Waals surface area contributed by atoms with Crippen molar-refractivity contribution >= 4 is 17.5 Å². The van der Waals surface area contributed by atoms with Gasteiger partial charge in [-0.3, -0.25) is 4.79 Å². The minimum atomic E-state index is -0.599. The number of nitrogens with one attached hydrogen (secondary N) is 1. The Balaban J connectivity index is 1.82. The lowest BCUT2D eigenvalue weighted by Gasteiger charge is -2.07. The Morgan fingerprint density at radius 1 is 1.38 bits per heavy atom. The number of fused-ring (bicyclic) bond motifs is 1. The minimum Gasteiger partial charge on any atom is -0.451 e. The van der Waals surface area contributed by atoms with Crippen LogP contribution in [0.25, 0.3) is 5.65 Å². The zero-order valence-corrected chi connectivity index (χ0v) is 12.2. The fraction of sp³-hybridized carbons (Fsp3) is 0.400. The maximum absolute atomic E-state index is 11.8. The van der Waals surface area contributed by atoms with Gasteiger partial charge in [0.15, 0.2) is 12.3 Å². The van der Waals surface area contributed by atoms with Gasteiger partial charge in [0.1, 0.15) is 5.65 Å². The molecule has 0 bridgehead atoms. The van der Waals surface area contributed by atoms with E-state index in [-0.39, 0.29) is 18.2 Å². The summed E-state index contributed by atoms with van der Waals surface area (Å²) in [6.07, 6.45) is 4.26. The van der Waals surface area contributed by atoms with Crippen LogP contribution in [0.2, 0.25) is 0 Å². The average molecular weight is 289 g/mol. The molecule has 0 aromatic carbocycles. The van der Waals surface area contributed by atoms with Crippen LogP contribution in [0.1, 0.15) is 30.8 Å². The molecule has 6 heteroatoms. The monoisotopic (exact) mass is 289 g/mol. The molecule has 21 heavy (non-hydrogen) atoms. The van der Waals surface area contributed by atoms with Gasteiger partial charge in [0.05, 0.1) is 0 Å². The second-order valence-corrected chi connectivity index (χ2v) is 5.20. The zero-order chi connectivity index (χ0) is 15.2. The van der Waals surface area contributed by atoms with Crippen molar-refractivity contribution < 1.29 is 14.3 Å². The molecule has 0 saturated carbocycles. The summed E-state index contributed by atoms with van der Waals surface area (Å²) in [6, 6.07) is 5.46. The van der Waals surface area contributed by atoms with E-state index in [1.165, 1.54) is 0 Å². The molecule has 1 N–H and O–H groups in total. The fourth-order valence-corrected chi connectivity index (χ4v) is 1.79. The topological polar surface area (TPSA) is 72.7 Å². The predicted molar refractivity (Wildman–Crippen MR) is 77.9 cm³/mol. The number of hydrogen-bond donors (Lipinski definition) is 1. The summed E-state index contributed by atoms with van der Waals surface area (Å²) in [5, 5.41) is 2.71. The largest absolute Gasteiger partial charge is 0.451 e. The third kappa shape index (κ3) is 4.30. The van der Waals surface area contributed by atoms with Crippen LogP contribution < -0.4 is 5.32 Å². The molecule has 0 radical (unpaired) electrons. The molecular formula is C15H19N3O3. The normalized spacial score (nSPS) is 10.8. The van der Waals surface area contributed by atoms with Gasteiger partial charge in [0, 0.05) is 18.9 Å². The van der Waals surface area contributed by atoms with Crippen molar-refractivity contribution in [1.29, 1.82) is 0 Å². The van der Waals surface area contributed by atoms with Gasteiger partial charge in [-0.15, -0.1) is 0 Å². The molecule has 2 heterocycles. The number of carbonyl (C=O) groups excluding carboxylic acids is 2. The van der Waals surface area contributed by atoms with Gasteiger partial charge in [-0.25, -0.2) is 9.78 Å². The number of amides is 1. The number of imidazole rings is 1. The van der Waals surface area contributed by atoms with E-state index in [4.69, 9.17) is 4.74 Å². The Labute approximate surface area is 123 Å². The number of rotatable bonds is 6. The van der Waals surface area contributed by atoms with Crippen molar-refractivity contribution in [1.82, 2.24) is 14.7 Å². The number of ether oxygens (including phenoxy) is 1. The first kappa shape index (κ1) is 15.0. The molecule has 0 fully saturated rings. The second-order valence-electron chi connectivity index (χ2n) is 5.20. The van der Waals surface area contributed by atoms with Crippen LogP contribution in [0.15, 0.2) is 30.6 Å². The second kappa shape index (κ2) is 6.88. The van der Waals surface area contributed by atoms with E-state index < -0.39 is 5.97 Å². The summed E-state index contributed by atoms with van der Waals surface area (Å²) in [5.41, 5.74) is 0.849. The molecular weight excluding hydrogens is 270 g/mol. The van der Waals surface area contributed by atoms with Gasteiger partial charge in [0.25, 0.3) is 5.91 Å². The van der Waals surface area contributed by atoms with Crippen LogP contribution in [0.3, 0.4) is 0 Å². The quantitative estimate of drug-likeness (QED) is 0.821. The number of esters is 1. The van der Waals surface area contributed by atoms with Crippen LogP contribution in [0.5, 0.6) is 0 Å². The van der Waals surface area contributed by atoms with Gasteiger partial charge >= 0.3 is 5.97 Å². The highest BCUT2D eigenvalue weighted by molar-refractivity contribution is 5.90. The summed E-state index contributed by atoms with van der Waals surface area (Å²) < 4.78 is 6.67. The van der Waals surface area contributed by atoms with Crippen molar-refractivity contribution in [3.8, 4) is 0 Å². The molecule has 0 atom stereocenters. The van der Waals surface area contributed by atoms with Crippen molar-refractivity contribution in [2.45, 2.75) is 20.3 Å². The predicted octanol–water partition coefficient (Wildman–Crippen LogP) is 1.65. The number of pyridine rings is 1. The van der Waals surface area contributed by atoms with Gasteiger partial charge < -0.3 is 14.5 Å². The first-order chi connectivity index (χ1) is 10.1. The van der Waals surface area contributed by atoms with E-state index in [1.54, 1.807) is 22.9 Å². The van der Waals surface area contributed by atoms with Crippen LogP contribution in [0, 0.1) is 5.92 Å². The third-order valence-corrected chi connectivity index (χ3v) is 2.95. The number of hydrogen-bond acceptors (Lipinski definition) is 4. The summed E-state index contributed by atoms with van der Waals surface area (Å²) in [6.45, 7) is 4.46. The van der Waals surface area contributed by atoms with Gasteiger partial charge in [-0.1, -0.05) is 19.9 Å². The number of aromatic nitrogens is 2. The molecule has 0 aliphatic rings. The molecule has 2 aromatic heterocycles. The lowest BCUT2D eigenvalue weighted by molar-refractivity contribution is -0.124. The van der Waals surface area contributed by atoms with Gasteiger partial charge in [-0.05, 0) is 24.5 Å². The average Bonchev–Trinajstić information content (AvgIpc) is 2.88. The zero-order valence-electron chi connectivity index (χ0n) is 12.2. The van der Waals surface area contributed by atoms with Crippen LogP contribution >= 0.6 is 0 Å². The van der Waals surface area contributed by atoms with Gasteiger partial charge in [0.2, 0.25) is 0 Å². The van der Waals surface area contributed by atoms with E-state index in [9.17, 15) is 9.59 Å². The van der Waals surface area contributed by atoms with Crippen molar-refractivity contribution in [2.24, 2.45) is 5.92 Å². The van der Waals surface area contributed by atoms with E-state index in [2.05, 4.69) is 24.1 Å². The molecule has 0 unspecified atom stereocenters. The van der Waals surface area contributed by atoms with Crippen LogP contribution in [-0.2, 0) is 9.53 Å². The highest BCUT2D eigenvalue weighted by atomic mass is 16.5. The molecule has 2 aromatic rings. The first-order valence-electron chi connectivity index (χ1n) is 6.94. The molecule has 0 spiro atoms. The van der Waals surface area contributed by atoms with Crippen LogP contribution in [0.4, 0.5) is 0 Å². The Morgan fingerprint density at radius 3 is 2.90 bits per heavy atom. The lowest BCUT2D eigenvalue weighted by atomic mass is 10.1. The smallest absolute Gasteiger partial charge is 0.359 e. The maximum atomic E-state index is 11.8. The summed E-state index contributed by atoms with van der Waals surface area (Å²) in [5.74, 6) is -0.378. The highest BCUT2D eigenvalue weighted by Crippen LogP contribution is 2.05. The standard InChI is InChI=1S/C15H19N3O3/c1-11(2)6-7-16-14(19)10-21-15(20)12-9-18-8-4-3-5-13(18)17-12/h3-5,8-9,11H,6-7,10H2,1-2H3,(H,16,19). The molecule has 0 saturated heterocycles. The third-order valence-electron chi connectivity index (χ3n) is 2.95. The minimum absolute atomic E-state index is 0.191. The van der Waals surface area contributed by atoms with Crippen molar-refractivity contribution in [3.05, 3.63) is 36.3 Å². The van der Waals surface area contributed by atoms with E-state index in [1.807, 2.05) is 12.1 Å². The summed E-state index contributed by atoms with van der Waals surface area (Å²) in [4.78, 5) is 27.5. The molecule has 0 aliphatic carbocycles. The first-order valence-corrected chi connectivity index (χ1v) is 6.94. The summed E-state index contributed by atoms with van der Waals surface area (Å²) in [7, 11) is 0. The molecule has 112 valence electrons. The Kier molecular flexibility index (Phi) is 4.92. The number of nitrogens with zero attached hydrogens (tertiary/aromatic N) is 2. The highest BCUT2D eigenvalue weighted by Gasteiger charge is 2.13. The Hall–Kier alpha value is -2.37. The lowest BCUT2D eigenvalue weighted by Crippen LogP contribution is -2.30. The molecule has 6 nitrogen and oxygen atoms in total. The summed E-state index contributed by atoms with van der Waals surface area (Å²) >= 11 is 0. The van der Waals surface area contributed by atoms with Crippen LogP contribution in [-0.4, -0.2) is 34.4 Å². The van der Waals surface area contributed by atoms with E-state index in [0.29, 0.717) is 18.1 Å². The molecule has 2 rings (SSSR count). The molecule has 0 aliphatic heterocycles. The Bertz CT molecular complexity index is 601. The van der Waals surface area contributed by atoms with Gasteiger partial charge in [-0.2, -0.15) is 0 Å². The van der Waals surface area contributed by atoms with Crippen molar-refractivity contribution in [2.75, 3.05) is 13.2 Å². The molecule has 1 amide bonds. The number of carbonyl (C=O) groups is 2.